The van der Waals surface area contributed by atoms with Crippen molar-refractivity contribution >= 4 is 0 Å². The Morgan fingerprint density at radius 2 is 0.796 bits per heavy atom. The standard InChI is InChI=1S/C44H52F6O4/c1-4-51-39-24-22-35(41(47)43(39)49)33-20-18-31(28-37(33)45)53-26-14-10-6-8-12-16-30(3)17-13-9-7-11-15-27-54-32-19-21-34(38(46)29-32)36-23-25-40(52-5-2)44(50)42(36)48/h18-25,28-30H,4-17,26-27H2,1-3H3. The van der Waals surface area contributed by atoms with Crippen LogP contribution in [0.4, 0.5) is 26.3 Å². The lowest BCUT2D eigenvalue weighted by Gasteiger charge is -2.12. The van der Waals surface area contributed by atoms with Gasteiger partial charge in [-0.15, -0.1) is 0 Å². The fraction of sp³-hybridized carbons (Fsp3) is 0.455. The molecule has 0 aliphatic heterocycles. The third-order valence-corrected chi connectivity index (χ3v) is 9.37. The minimum absolute atomic E-state index is 0.0410. The van der Waals surface area contributed by atoms with Crippen LogP contribution in [0.1, 0.15) is 97.8 Å². The zero-order valence-corrected chi connectivity index (χ0v) is 31.6. The Bertz CT molecular complexity index is 1640. The highest BCUT2D eigenvalue weighted by Gasteiger charge is 2.20. The molecular formula is C44H52F6O4. The Labute approximate surface area is 315 Å². The lowest BCUT2D eigenvalue weighted by Crippen LogP contribution is -2.01. The topological polar surface area (TPSA) is 36.9 Å². The first-order valence-electron chi connectivity index (χ1n) is 19.2. The van der Waals surface area contributed by atoms with E-state index in [0.717, 1.165) is 51.4 Å². The maximum Gasteiger partial charge on any atom is 0.201 e. The van der Waals surface area contributed by atoms with Gasteiger partial charge in [0.1, 0.15) is 23.1 Å². The summed E-state index contributed by atoms with van der Waals surface area (Å²) in [6.07, 6.45) is 13.0. The summed E-state index contributed by atoms with van der Waals surface area (Å²) >= 11 is 0. The van der Waals surface area contributed by atoms with E-state index >= 15 is 0 Å². The Hall–Kier alpha value is -4.34. The summed E-state index contributed by atoms with van der Waals surface area (Å²) in [6, 6.07) is 13.5. The molecule has 4 aromatic rings. The van der Waals surface area contributed by atoms with Gasteiger partial charge in [0.25, 0.3) is 0 Å². The van der Waals surface area contributed by atoms with Crippen molar-refractivity contribution in [2.45, 2.75) is 97.8 Å². The van der Waals surface area contributed by atoms with Crippen molar-refractivity contribution < 1.29 is 45.3 Å². The normalized spacial score (nSPS) is 11.3. The highest BCUT2D eigenvalue weighted by Crippen LogP contribution is 2.34. The van der Waals surface area contributed by atoms with Gasteiger partial charge < -0.3 is 18.9 Å². The van der Waals surface area contributed by atoms with E-state index in [1.807, 2.05) is 0 Å². The van der Waals surface area contributed by atoms with Crippen molar-refractivity contribution in [1.29, 1.82) is 0 Å². The Morgan fingerprint density at radius 1 is 0.426 bits per heavy atom. The summed E-state index contributed by atoms with van der Waals surface area (Å²) in [5, 5.41) is 0. The molecule has 0 aliphatic carbocycles. The monoisotopic (exact) mass is 758 g/mol. The largest absolute Gasteiger partial charge is 0.493 e. The molecule has 4 aromatic carbocycles. The Morgan fingerprint density at radius 3 is 1.19 bits per heavy atom. The number of benzene rings is 4. The second-order valence-corrected chi connectivity index (χ2v) is 13.5. The van der Waals surface area contributed by atoms with Crippen LogP contribution in [0.2, 0.25) is 0 Å². The maximum absolute atomic E-state index is 14.8. The first kappa shape index (κ1) is 42.4. The molecule has 0 aromatic heterocycles. The molecule has 4 rings (SSSR count). The van der Waals surface area contributed by atoms with Gasteiger partial charge in [0, 0.05) is 34.4 Å². The third-order valence-electron chi connectivity index (χ3n) is 9.37. The van der Waals surface area contributed by atoms with Gasteiger partial charge in [-0.25, -0.2) is 17.6 Å². The van der Waals surface area contributed by atoms with Gasteiger partial charge in [0.2, 0.25) is 11.6 Å². The fourth-order valence-electron chi connectivity index (χ4n) is 6.40. The van der Waals surface area contributed by atoms with E-state index in [2.05, 4.69) is 6.92 Å². The van der Waals surface area contributed by atoms with Gasteiger partial charge in [-0.1, -0.05) is 71.1 Å². The highest BCUT2D eigenvalue weighted by atomic mass is 19.2. The van der Waals surface area contributed by atoms with E-state index in [4.69, 9.17) is 18.9 Å². The van der Waals surface area contributed by atoms with Crippen LogP contribution < -0.4 is 18.9 Å². The van der Waals surface area contributed by atoms with Gasteiger partial charge in [-0.3, -0.25) is 0 Å². The molecule has 0 radical (unpaired) electrons. The first-order chi connectivity index (χ1) is 26.1. The van der Waals surface area contributed by atoms with Crippen LogP contribution in [0.25, 0.3) is 22.3 Å². The van der Waals surface area contributed by atoms with E-state index in [-0.39, 0.29) is 47.0 Å². The van der Waals surface area contributed by atoms with Crippen LogP contribution in [-0.4, -0.2) is 26.4 Å². The quantitative estimate of drug-likeness (QED) is 0.0527. The number of hydrogen-bond donors (Lipinski definition) is 0. The van der Waals surface area contributed by atoms with Crippen molar-refractivity contribution in [3.63, 3.8) is 0 Å². The molecule has 10 heteroatoms. The zero-order valence-electron chi connectivity index (χ0n) is 31.6. The van der Waals surface area contributed by atoms with E-state index in [1.165, 1.54) is 74.2 Å². The van der Waals surface area contributed by atoms with Gasteiger partial charge in [0.15, 0.2) is 23.1 Å². The average Bonchev–Trinajstić information content (AvgIpc) is 3.15. The maximum atomic E-state index is 14.8. The molecule has 0 unspecified atom stereocenters. The predicted octanol–water partition coefficient (Wildman–Crippen LogP) is 13.4. The highest BCUT2D eigenvalue weighted by molar-refractivity contribution is 5.68. The molecule has 0 atom stereocenters. The van der Waals surface area contributed by atoms with Crippen molar-refractivity contribution in [1.82, 2.24) is 0 Å². The summed E-state index contributed by atoms with van der Waals surface area (Å²) < 4.78 is 109. The number of unbranched alkanes of at least 4 members (excludes halogenated alkanes) is 8. The zero-order chi connectivity index (χ0) is 38.9. The lowest BCUT2D eigenvalue weighted by molar-refractivity contribution is 0.302. The summed E-state index contributed by atoms with van der Waals surface area (Å²) in [7, 11) is 0. The van der Waals surface area contributed by atoms with Crippen LogP contribution in [0, 0.1) is 40.8 Å². The molecular weight excluding hydrogens is 706 g/mol. The van der Waals surface area contributed by atoms with Gasteiger partial charge in [-0.2, -0.15) is 8.78 Å². The molecule has 4 nitrogen and oxygen atoms in total. The molecule has 0 N–H and O–H groups in total. The van der Waals surface area contributed by atoms with E-state index in [1.54, 1.807) is 26.0 Å². The molecule has 294 valence electrons. The molecule has 54 heavy (non-hydrogen) atoms. The van der Waals surface area contributed by atoms with E-state index in [9.17, 15) is 26.3 Å². The third kappa shape index (κ3) is 12.4. The van der Waals surface area contributed by atoms with Crippen molar-refractivity contribution in [3.8, 4) is 45.3 Å². The molecule has 0 aliphatic rings. The average molecular weight is 759 g/mol. The smallest absolute Gasteiger partial charge is 0.201 e. The molecule has 0 amide bonds. The van der Waals surface area contributed by atoms with Crippen LogP contribution in [0.15, 0.2) is 60.7 Å². The SMILES string of the molecule is CCOc1ccc(-c2ccc(OCCCCCCCC(C)CCCCCCCOc3ccc(-c4ccc(OCC)c(F)c4F)c(F)c3)cc2F)c(F)c1F. The molecule has 0 saturated carbocycles. The minimum Gasteiger partial charge on any atom is -0.493 e. The second-order valence-electron chi connectivity index (χ2n) is 13.5. The number of rotatable bonds is 24. The van der Waals surface area contributed by atoms with E-state index in [0.29, 0.717) is 30.6 Å². The van der Waals surface area contributed by atoms with Gasteiger partial charge in [0.05, 0.1) is 26.4 Å². The van der Waals surface area contributed by atoms with Crippen LogP contribution in [0.3, 0.4) is 0 Å². The van der Waals surface area contributed by atoms with Gasteiger partial charge >= 0.3 is 0 Å². The predicted molar refractivity (Wildman–Crippen MR) is 201 cm³/mol. The summed E-state index contributed by atoms with van der Waals surface area (Å²) in [5.41, 5.74) is -0.421. The van der Waals surface area contributed by atoms with Crippen molar-refractivity contribution in [3.05, 3.63) is 95.6 Å². The van der Waals surface area contributed by atoms with Crippen molar-refractivity contribution in [2.75, 3.05) is 26.4 Å². The first-order valence-corrected chi connectivity index (χ1v) is 19.2. The number of hydrogen-bond acceptors (Lipinski definition) is 4. The molecule has 0 spiro atoms. The Balaban J connectivity index is 1.00. The van der Waals surface area contributed by atoms with Crippen molar-refractivity contribution in [2.24, 2.45) is 5.92 Å². The van der Waals surface area contributed by atoms with Gasteiger partial charge in [-0.05, 0) is 81.1 Å². The molecule has 0 bridgehead atoms. The molecule has 0 fully saturated rings. The fourth-order valence-corrected chi connectivity index (χ4v) is 6.40. The Kier molecular flexibility index (Phi) is 17.4. The minimum atomic E-state index is -1.15. The summed E-state index contributed by atoms with van der Waals surface area (Å²) in [4.78, 5) is 0. The second kappa shape index (κ2) is 22.1. The number of ether oxygens (including phenoxy) is 4. The van der Waals surface area contributed by atoms with Crippen LogP contribution in [-0.2, 0) is 0 Å². The lowest BCUT2D eigenvalue weighted by atomic mass is 9.96. The van der Waals surface area contributed by atoms with Crippen LogP contribution >= 0.6 is 0 Å². The summed E-state index contributed by atoms with van der Waals surface area (Å²) in [5.74, 6) is -4.98. The van der Waals surface area contributed by atoms with E-state index < -0.39 is 34.9 Å². The number of halogens is 6. The molecule has 0 saturated heterocycles. The summed E-state index contributed by atoms with van der Waals surface area (Å²) in [6.45, 7) is 6.93. The van der Waals surface area contributed by atoms with Crippen LogP contribution in [0.5, 0.6) is 23.0 Å². The molecule has 0 heterocycles.